The predicted octanol–water partition coefficient (Wildman–Crippen LogP) is 1.98. The average molecular weight is 257 g/mol. The first-order valence-electron chi connectivity index (χ1n) is 7.01. The summed E-state index contributed by atoms with van der Waals surface area (Å²) in [5.41, 5.74) is 0. The van der Waals surface area contributed by atoms with Crippen LogP contribution in [0.5, 0.6) is 0 Å². The molecule has 1 N–H and O–H groups in total. The molecular formula is C14H27NO3. The molecule has 1 fully saturated rings. The van der Waals surface area contributed by atoms with Crippen molar-refractivity contribution in [3.63, 3.8) is 0 Å². The zero-order chi connectivity index (χ0) is 13.5. The molecule has 4 heteroatoms. The fourth-order valence-corrected chi connectivity index (χ4v) is 2.48. The molecule has 0 heterocycles. The summed E-state index contributed by atoms with van der Waals surface area (Å²) < 4.78 is 10.6. The van der Waals surface area contributed by atoms with Crippen LogP contribution in [0.1, 0.15) is 40.0 Å². The maximum Gasteiger partial charge on any atom is 0.325 e. The zero-order valence-electron chi connectivity index (χ0n) is 12.1. The van der Waals surface area contributed by atoms with Crippen molar-refractivity contribution in [3.8, 4) is 0 Å². The van der Waals surface area contributed by atoms with Crippen molar-refractivity contribution in [1.29, 1.82) is 0 Å². The zero-order valence-corrected chi connectivity index (χ0v) is 12.1. The highest BCUT2D eigenvalue weighted by molar-refractivity contribution is 5.75. The second-order valence-electron chi connectivity index (χ2n) is 5.36. The summed E-state index contributed by atoms with van der Waals surface area (Å²) in [6, 6.07) is -0.338. The Kier molecular flexibility index (Phi) is 6.65. The van der Waals surface area contributed by atoms with Gasteiger partial charge in [0, 0.05) is 0 Å². The van der Waals surface area contributed by atoms with E-state index in [1.807, 2.05) is 6.92 Å². The minimum Gasteiger partial charge on any atom is -0.468 e. The first-order valence-corrected chi connectivity index (χ1v) is 7.01. The second kappa shape index (κ2) is 7.74. The van der Waals surface area contributed by atoms with Gasteiger partial charge in [0.05, 0.1) is 19.8 Å². The molecule has 106 valence electrons. The standard InChI is InChI=1S/C14H27NO3/c1-5-15-13(14(16)17-4)9-18-12-7-6-10(2)11(3)8-12/h10-13,15H,5-9H2,1-4H3. The summed E-state index contributed by atoms with van der Waals surface area (Å²) in [5, 5.41) is 3.09. The fourth-order valence-electron chi connectivity index (χ4n) is 2.48. The van der Waals surface area contributed by atoms with Gasteiger partial charge in [-0.25, -0.2) is 0 Å². The van der Waals surface area contributed by atoms with E-state index >= 15 is 0 Å². The monoisotopic (exact) mass is 257 g/mol. The molecule has 0 amide bonds. The first-order chi connectivity index (χ1) is 8.58. The van der Waals surface area contributed by atoms with Crippen LogP contribution < -0.4 is 5.32 Å². The van der Waals surface area contributed by atoms with Crippen molar-refractivity contribution in [3.05, 3.63) is 0 Å². The Morgan fingerprint density at radius 3 is 2.61 bits per heavy atom. The summed E-state index contributed by atoms with van der Waals surface area (Å²) in [7, 11) is 1.41. The lowest BCUT2D eigenvalue weighted by atomic mass is 9.80. The van der Waals surface area contributed by atoms with Crippen LogP contribution in [-0.2, 0) is 14.3 Å². The minimum atomic E-state index is -0.338. The summed E-state index contributed by atoms with van der Waals surface area (Å²) >= 11 is 0. The van der Waals surface area contributed by atoms with Crippen molar-refractivity contribution in [1.82, 2.24) is 5.32 Å². The van der Waals surface area contributed by atoms with E-state index in [4.69, 9.17) is 9.47 Å². The van der Waals surface area contributed by atoms with E-state index in [1.54, 1.807) is 0 Å². The maximum absolute atomic E-state index is 11.5. The van der Waals surface area contributed by atoms with E-state index in [1.165, 1.54) is 13.5 Å². The molecule has 4 unspecified atom stereocenters. The van der Waals surface area contributed by atoms with Gasteiger partial charge in [-0.15, -0.1) is 0 Å². The number of nitrogens with one attached hydrogen (secondary N) is 1. The van der Waals surface area contributed by atoms with Gasteiger partial charge in [-0.05, 0) is 37.6 Å². The van der Waals surface area contributed by atoms with Crippen molar-refractivity contribution in [2.24, 2.45) is 11.8 Å². The SMILES string of the molecule is CCNC(COC1CCC(C)C(C)C1)C(=O)OC. The van der Waals surface area contributed by atoms with Crippen LogP contribution in [0.4, 0.5) is 0 Å². The highest BCUT2D eigenvalue weighted by atomic mass is 16.5. The molecule has 1 saturated carbocycles. The van der Waals surface area contributed by atoms with E-state index in [2.05, 4.69) is 19.2 Å². The number of ether oxygens (including phenoxy) is 2. The third-order valence-corrected chi connectivity index (χ3v) is 3.98. The van der Waals surface area contributed by atoms with E-state index in [9.17, 15) is 4.79 Å². The molecule has 0 aromatic carbocycles. The number of esters is 1. The topological polar surface area (TPSA) is 47.6 Å². The van der Waals surface area contributed by atoms with Crippen molar-refractivity contribution < 1.29 is 14.3 Å². The van der Waals surface area contributed by atoms with Crippen LogP contribution in [0, 0.1) is 11.8 Å². The van der Waals surface area contributed by atoms with Gasteiger partial charge in [0.25, 0.3) is 0 Å². The maximum atomic E-state index is 11.5. The average Bonchev–Trinajstić information content (AvgIpc) is 2.37. The van der Waals surface area contributed by atoms with Gasteiger partial charge in [0.15, 0.2) is 0 Å². The number of methoxy groups -OCH3 is 1. The molecule has 4 nitrogen and oxygen atoms in total. The van der Waals surface area contributed by atoms with Crippen LogP contribution in [0.3, 0.4) is 0 Å². The third-order valence-electron chi connectivity index (χ3n) is 3.98. The summed E-state index contributed by atoms with van der Waals surface area (Å²) in [6.45, 7) is 7.70. The molecule has 0 aromatic heterocycles. The largest absolute Gasteiger partial charge is 0.468 e. The normalized spacial score (nSPS) is 29.9. The predicted molar refractivity (Wildman–Crippen MR) is 71.4 cm³/mol. The van der Waals surface area contributed by atoms with Gasteiger partial charge in [-0.1, -0.05) is 20.8 Å². The van der Waals surface area contributed by atoms with Crippen LogP contribution >= 0.6 is 0 Å². The molecule has 1 aliphatic carbocycles. The quantitative estimate of drug-likeness (QED) is 0.739. The lowest BCUT2D eigenvalue weighted by molar-refractivity contribution is -0.145. The number of likely N-dealkylation sites (N-methyl/N-ethyl adjacent to an activating group) is 1. The summed E-state index contributed by atoms with van der Waals surface area (Å²) in [5.74, 6) is 1.25. The Morgan fingerprint density at radius 2 is 2.06 bits per heavy atom. The van der Waals surface area contributed by atoms with Crippen molar-refractivity contribution in [2.45, 2.75) is 52.2 Å². The molecule has 0 bridgehead atoms. The molecule has 4 atom stereocenters. The van der Waals surface area contributed by atoms with E-state index < -0.39 is 0 Å². The van der Waals surface area contributed by atoms with Crippen LogP contribution in [0.15, 0.2) is 0 Å². The molecule has 1 rings (SSSR count). The Balaban J connectivity index is 2.35. The van der Waals surface area contributed by atoms with Gasteiger partial charge < -0.3 is 14.8 Å². The fraction of sp³-hybridized carbons (Fsp3) is 0.929. The van der Waals surface area contributed by atoms with Crippen LogP contribution in [0.2, 0.25) is 0 Å². The van der Waals surface area contributed by atoms with Crippen LogP contribution in [-0.4, -0.2) is 38.4 Å². The van der Waals surface area contributed by atoms with Crippen LogP contribution in [0.25, 0.3) is 0 Å². The Hall–Kier alpha value is -0.610. The molecular weight excluding hydrogens is 230 g/mol. The van der Waals surface area contributed by atoms with E-state index in [0.29, 0.717) is 18.6 Å². The number of hydrogen-bond donors (Lipinski definition) is 1. The number of hydrogen-bond acceptors (Lipinski definition) is 4. The number of rotatable bonds is 6. The summed E-state index contributed by atoms with van der Waals surface area (Å²) in [4.78, 5) is 11.5. The lowest BCUT2D eigenvalue weighted by Gasteiger charge is -2.32. The lowest BCUT2D eigenvalue weighted by Crippen LogP contribution is -2.42. The third kappa shape index (κ3) is 4.58. The second-order valence-corrected chi connectivity index (χ2v) is 5.36. The smallest absolute Gasteiger partial charge is 0.325 e. The van der Waals surface area contributed by atoms with Crippen molar-refractivity contribution in [2.75, 3.05) is 20.3 Å². The Bertz CT molecular complexity index is 257. The molecule has 0 saturated heterocycles. The summed E-state index contributed by atoms with van der Waals surface area (Å²) in [6.07, 6.45) is 3.71. The van der Waals surface area contributed by atoms with Gasteiger partial charge in [0.2, 0.25) is 0 Å². The van der Waals surface area contributed by atoms with Gasteiger partial charge in [-0.3, -0.25) is 4.79 Å². The van der Waals surface area contributed by atoms with E-state index in [-0.39, 0.29) is 12.0 Å². The van der Waals surface area contributed by atoms with Gasteiger partial charge in [-0.2, -0.15) is 0 Å². The molecule has 0 radical (unpaired) electrons. The minimum absolute atomic E-state index is 0.242. The highest BCUT2D eigenvalue weighted by Crippen LogP contribution is 2.30. The Labute approximate surface area is 110 Å². The van der Waals surface area contributed by atoms with Gasteiger partial charge in [0.1, 0.15) is 6.04 Å². The molecule has 1 aliphatic rings. The van der Waals surface area contributed by atoms with E-state index in [0.717, 1.165) is 25.3 Å². The molecule has 0 aromatic rings. The van der Waals surface area contributed by atoms with Gasteiger partial charge >= 0.3 is 5.97 Å². The number of carbonyl (C=O) groups is 1. The highest BCUT2D eigenvalue weighted by Gasteiger charge is 2.27. The molecule has 18 heavy (non-hydrogen) atoms. The number of carbonyl (C=O) groups excluding carboxylic acids is 1. The Morgan fingerprint density at radius 1 is 1.33 bits per heavy atom. The molecule has 0 aliphatic heterocycles. The van der Waals surface area contributed by atoms with Crippen molar-refractivity contribution >= 4 is 5.97 Å². The molecule has 0 spiro atoms. The first kappa shape index (κ1) is 15.4.